The number of carbonyl (C=O) groups is 2. The van der Waals surface area contributed by atoms with Crippen LogP contribution >= 0.6 is 11.3 Å². The van der Waals surface area contributed by atoms with Crippen LogP contribution in [-0.2, 0) is 6.42 Å². The molecule has 142 valence electrons. The van der Waals surface area contributed by atoms with Crippen LogP contribution in [0.4, 0.5) is 0 Å². The van der Waals surface area contributed by atoms with E-state index in [0.717, 1.165) is 35.5 Å². The number of methoxy groups -OCH3 is 1. The lowest BCUT2D eigenvalue weighted by Crippen LogP contribution is -2.50. The number of aryl methyl sites for hydroxylation is 3. The molecule has 0 unspecified atom stereocenters. The Labute approximate surface area is 162 Å². The number of benzene rings is 1. The van der Waals surface area contributed by atoms with Crippen molar-refractivity contribution in [1.29, 1.82) is 0 Å². The minimum atomic E-state index is -0.368. The molecule has 4 rings (SSSR count). The summed E-state index contributed by atoms with van der Waals surface area (Å²) in [7, 11) is 1.60. The molecule has 0 bridgehead atoms. The van der Waals surface area contributed by atoms with Crippen molar-refractivity contribution >= 4 is 23.2 Å². The molecule has 1 atom stereocenters. The molecule has 0 aliphatic carbocycles. The fraction of sp³-hybridized carbons (Fsp3) is 0.450. The van der Waals surface area contributed by atoms with E-state index in [1.165, 1.54) is 11.3 Å². The Hall–Kier alpha value is -2.41. The van der Waals surface area contributed by atoms with Gasteiger partial charge in [0, 0.05) is 18.7 Å². The van der Waals surface area contributed by atoms with Crippen molar-refractivity contribution < 1.29 is 14.3 Å². The van der Waals surface area contributed by atoms with Crippen LogP contribution in [0.1, 0.15) is 49.1 Å². The number of rotatable bonds is 2. The summed E-state index contributed by atoms with van der Waals surface area (Å²) in [6, 6.07) is 5.66. The number of nitrogens with one attached hydrogen (secondary N) is 1. The van der Waals surface area contributed by atoms with Crippen molar-refractivity contribution in [2.45, 2.75) is 38.6 Å². The molecule has 0 saturated carbocycles. The molecule has 1 aromatic carbocycles. The summed E-state index contributed by atoms with van der Waals surface area (Å²) in [5.74, 6) is 0.618. The van der Waals surface area contributed by atoms with Gasteiger partial charge in [0.25, 0.3) is 11.8 Å². The molecule has 6 nitrogen and oxygen atoms in total. The van der Waals surface area contributed by atoms with Crippen molar-refractivity contribution in [3.05, 3.63) is 44.9 Å². The zero-order chi connectivity index (χ0) is 19.2. The highest BCUT2D eigenvalue weighted by Gasteiger charge is 2.43. The summed E-state index contributed by atoms with van der Waals surface area (Å²) in [6.07, 6.45) is 2.40. The predicted molar refractivity (Wildman–Crippen MR) is 104 cm³/mol. The third kappa shape index (κ3) is 3.20. The quantitative estimate of drug-likeness (QED) is 0.863. The lowest BCUT2D eigenvalue weighted by Gasteiger charge is -2.28. The average Bonchev–Trinajstić information content (AvgIpc) is 3.18. The molecule has 1 N–H and O–H groups in total. The topological polar surface area (TPSA) is 71.5 Å². The van der Waals surface area contributed by atoms with Gasteiger partial charge in [0.2, 0.25) is 0 Å². The van der Waals surface area contributed by atoms with Crippen LogP contribution in [0, 0.1) is 13.8 Å². The highest BCUT2D eigenvalue weighted by atomic mass is 32.1. The number of ether oxygens (including phenoxy) is 1. The minimum absolute atomic E-state index is 0.0210. The van der Waals surface area contributed by atoms with Crippen LogP contribution in [0.25, 0.3) is 0 Å². The van der Waals surface area contributed by atoms with Crippen LogP contribution in [0.2, 0.25) is 0 Å². The van der Waals surface area contributed by atoms with E-state index in [-0.39, 0.29) is 17.4 Å². The van der Waals surface area contributed by atoms with Gasteiger partial charge in [-0.3, -0.25) is 9.59 Å². The fourth-order valence-electron chi connectivity index (χ4n) is 4.08. The Kier molecular flexibility index (Phi) is 4.42. The zero-order valence-corrected chi connectivity index (χ0v) is 16.6. The number of fused-ring (bicyclic) bond motifs is 1. The molecule has 1 aromatic heterocycles. The van der Waals surface area contributed by atoms with E-state index in [9.17, 15) is 9.59 Å². The van der Waals surface area contributed by atoms with Gasteiger partial charge in [-0.1, -0.05) is 6.07 Å². The molecule has 3 heterocycles. The Morgan fingerprint density at radius 3 is 2.85 bits per heavy atom. The van der Waals surface area contributed by atoms with Gasteiger partial charge < -0.3 is 15.0 Å². The number of nitrogens with zero attached hydrogens (tertiary/aromatic N) is 2. The van der Waals surface area contributed by atoms with Crippen molar-refractivity contribution in [2.24, 2.45) is 0 Å². The van der Waals surface area contributed by atoms with E-state index < -0.39 is 0 Å². The Morgan fingerprint density at radius 2 is 2.15 bits per heavy atom. The number of aromatic nitrogens is 1. The predicted octanol–water partition coefficient (Wildman–Crippen LogP) is 2.73. The minimum Gasteiger partial charge on any atom is -0.497 e. The van der Waals surface area contributed by atoms with E-state index in [2.05, 4.69) is 10.3 Å². The second-order valence-corrected chi connectivity index (χ2v) is 8.58. The van der Waals surface area contributed by atoms with Gasteiger partial charge in [-0.25, -0.2) is 4.98 Å². The molecule has 2 aliphatic rings. The van der Waals surface area contributed by atoms with Gasteiger partial charge in [-0.15, -0.1) is 11.3 Å². The Balaban J connectivity index is 1.55. The standard InChI is InChI=1S/C20H23N3O3S/c1-12-17(27-13(2)21-12)19(25)23-9-8-20(11-23)7-6-14-4-5-15(26-3)10-16(14)18(24)22-20/h4-5,10H,6-9,11H2,1-3H3,(H,22,24)/t20-/m0/s1. The number of thiazole rings is 1. The maximum Gasteiger partial charge on any atom is 0.265 e. The van der Waals surface area contributed by atoms with Gasteiger partial charge in [0.05, 0.1) is 23.4 Å². The van der Waals surface area contributed by atoms with E-state index in [1.807, 2.05) is 30.9 Å². The first-order chi connectivity index (χ1) is 12.9. The second kappa shape index (κ2) is 6.64. The molecule has 2 amide bonds. The van der Waals surface area contributed by atoms with Crippen LogP contribution < -0.4 is 10.1 Å². The lowest BCUT2D eigenvalue weighted by molar-refractivity contribution is 0.0768. The summed E-state index contributed by atoms with van der Waals surface area (Å²) in [5, 5.41) is 4.12. The number of amides is 2. The summed E-state index contributed by atoms with van der Waals surface area (Å²) >= 11 is 1.44. The SMILES string of the molecule is COc1ccc2c(c1)C(=O)N[C@@]1(CC2)CCN(C(=O)c2sc(C)nc2C)C1. The van der Waals surface area contributed by atoms with Gasteiger partial charge in [0.15, 0.2) is 0 Å². The smallest absolute Gasteiger partial charge is 0.265 e. The number of hydrogen-bond donors (Lipinski definition) is 1. The van der Waals surface area contributed by atoms with Crippen LogP contribution in [0.5, 0.6) is 5.75 Å². The largest absolute Gasteiger partial charge is 0.497 e. The van der Waals surface area contributed by atoms with Crippen LogP contribution in [0.15, 0.2) is 18.2 Å². The number of carbonyl (C=O) groups excluding carboxylic acids is 2. The van der Waals surface area contributed by atoms with Crippen molar-refractivity contribution in [2.75, 3.05) is 20.2 Å². The van der Waals surface area contributed by atoms with E-state index in [0.29, 0.717) is 29.3 Å². The molecule has 2 aliphatic heterocycles. The number of likely N-dealkylation sites (tertiary alicyclic amines) is 1. The molecule has 0 radical (unpaired) electrons. The van der Waals surface area contributed by atoms with Gasteiger partial charge in [-0.05, 0) is 50.8 Å². The van der Waals surface area contributed by atoms with Crippen LogP contribution in [-0.4, -0.2) is 47.4 Å². The summed E-state index contributed by atoms with van der Waals surface area (Å²) in [6.45, 7) is 4.98. The summed E-state index contributed by atoms with van der Waals surface area (Å²) in [4.78, 5) is 32.7. The van der Waals surface area contributed by atoms with Crippen molar-refractivity contribution in [3.8, 4) is 5.75 Å². The molecule has 1 spiro atoms. The highest BCUT2D eigenvalue weighted by Crippen LogP contribution is 2.33. The van der Waals surface area contributed by atoms with Gasteiger partial charge >= 0.3 is 0 Å². The fourth-order valence-corrected chi connectivity index (χ4v) is 4.97. The average molecular weight is 385 g/mol. The first kappa shape index (κ1) is 18.0. The van der Waals surface area contributed by atoms with Crippen molar-refractivity contribution in [1.82, 2.24) is 15.2 Å². The van der Waals surface area contributed by atoms with Gasteiger partial charge in [0.1, 0.15) is 10.6 Å². The lowest BCUT2D eigenvalue weighted by atomic mass is 9.91. The first-order valence-corrected chi connectivity index (χ1v) is 9.95. The monoisotopic (exact) mass is 385 g/mol. The molecular weight excluding hydrogens is 362 g/mol. The molecular formula is C20H23N3O3S. The van der Waals surface area contributed by atoms with Crippen LogP contribution in [0.3, 0.4) is 0 Å². The maximum atomic E-state index is 12.9. The van der Waals surface area contributed by atoms with Gasteiger partial charge in [-0.2, -0.15) is 0 Å². The molecule has 27 heavy (non-hydrogen) atoms. The third-order valence-electron chi connectivity index (χ3n) is 5.55. The Bertz CT molecular complexity index is 923. The molecule has 1 fully saturated rings. The first-order valence-electron chi connectivity index (χ1n) is 9.13. The summed E-state index contributed by atoms with van der Waals surface area (Å²) < 4.78 is 5.26. The highest BCUT2D eigenvalue weighted by molar-refractivity contribution is 7.13. The normalized spacial score (nSPS) is 21.7. The molecule has 1 saturated heterocycles. The van der Waals surface area contributed by atoms with E-state index in [1.54, 1.807) is 13.2 Å². The zero-order valence-electron chi connectivity index (χ0n) is 15.8. The number of hydrogen-bond acceptors (Lipinski definition) is 5. The third-order valence-corrected chi connectivity index (χ3v) is 6.61. The second-order valence-electron chi connectivity index (χ2n) is 7.38. The summed E-state index contributed by atoms with van der Waals surface area (Å²) in [5.41, 5.74) is 2.12. The van der Waals surface area contributed by atoms with E-state index >= 15 is 0 Å². The maximum absolute atomic E-state index is 12.9. The van der Waals surface area contributed by atoms with Crippen molar-refractivity contribution in [3.63, 3.8) is 0 Å². The molecule has 7 heteroatoms. The Morgan fingerprint density at radius 1 is 1.33 bits per heavy atom. The molecule has 2 aromatic rings. The van der Waals surface area contributed by atoms with E-state index in [4.69, 9.17) is 4.74 Å².